The minimum Gasteiger partial charge on any atom is -0.498 e. The van der Waals surface area contributed by atoms with Crippen LogP contribution in [0.5, 0.6) is 5.75 Å². The summed E-state index contributed by atoms with van der Waals surface area (Å²) >= 11 is 0. The molecule has 222 valence electrons. The number of benzene rings is 2. The lowest BCUT2D eigenvalue weighted by Crippen LogP contribution is -2.10. The van der Waals surface area contributed by atoms with Crippen LogP contribution in [0.15, 0.2) is 93.1 Å². The Kier molecular flexibility index (Phi) is 11.5. The van der Waals surface area contributed by atoms with Gasteiger partial charge in [-0.05, 0) is 113 Å². The maximum Gasteiger partial charge on any atom is 0.132 e. The Morgan fingerprint density at radius 1 is 1.07 bits per heavy atom. The topological polar surface area (TPSA) is 43.2 Å². The standard InChI is InChI=1S/C37H45FN2O2/c1-6-21-41-31-17-15-30(16-18-31)34-24-32(42-22-20-27(34)3)23-29(25-39-5)10-9-13-36-28(4)26(2)14-19-37(40-36)33-11-7-8-12-35(33)38/h7-8,11-12,15-19,24,29H,5-6,9-10,13-14,20-23,25H2,1-4H3. The minimum absolute atomic E-state index is 0.234. The van der Waals surface area contributed by atoms with Crippen molar-refractivity contribution >= 4 is 23.7 Å². The van der Waals surface area contributed by atoms with Crippen LogP contribution in [-0.2, 0) is 4.74 Å². The van der Waals surface area contributed by atoms with Gasteiger partial charge in [0.15, 0.2) is 0 Å². The Morgan fingerprint density at radius 3 is 2.60 bits per heavy atom. The molecule has 0 radical (unpaired) electrons. The van der Waals surface area contributed by atoms with Gasteiger partial charge in [-0.3, -0.25) is 4.99 Å². The number of allylic oxidation sites excluding steroid dienone is 6. The second-order valence-electron chi connectivity index (χ2n) is 11.4. The fourth-order valence-corrected chi connectivity index (χ4v) is 5.48. The second kappa shape index (κ2) is 15.5. The van der Waals surface area contributed by atoms with Crippen LogP contribution >= 0.6 is 0 Å². The van der Waals surface area contributed by atoms with E-state index in [4.69, 9.17) is 14.5 Å². The van der Waals surface area contributed by atoms with Crippen molar-refractivity contribution in [1.82, 2.24) is 0 Å². The van der Waals surface area contributed by atoms with Gasteiger partial charge < -0.3 is 14.5 Å². The van der Waals surface area contributed by atoms with Gasteiger partial charge in [0.25, 0.3) is 0 Å². The maximum atomic E-state index is 14.6. The number of hydrogen-bond acceptors (Lipinski definition) is 4. The number of aliphatic imine (C=N–C) groups is 2. The molecule has 0 fully saturated rings. The third-order valence-corrected chi connectivity index (χ3v) is 8.15. The summed E-state index contributed by atoms with van der Waals surface area (Å²) in [6.07, 6.45) is 10.5. The van der Waals surface area contributed by atoms with Gasteiger partial charge in [-0.15, -0.1) is 0 Å². The van der Waals surface area contributed by atoms with Crippen molar-refractivity contribution in [2.45, 2.75) is 72.6 Å². The highest BCUT2D eigenvalue weighted by Crippen LogP contribution is 2.32. The van der Waals surface area contributed by atoms with Crippen LogP contribution in [0, 0.1) is 11.7 Å². The zero-order valence-corrected chi connectivity index (χ0v) is 25.7. The van der Waals surface area contributed by atoms with E-state index in [1.165, 1.54) is 33.9 Å². The molecule has 0 saturated heterocycles. The van der Waals surface area contributed by atoms with E-state index in [1.807, 2.05) is 18.2 Å². The first-order valence-corrected chi connectivity index (χ1v) is 15.3. The molecule has 1 unspecified atom stereocenters. The van der Waals surface area contributed by atoms with Crippen molar-refractivity contribution in [3.8, 4) is 5.75 Å². The summed E-state index contributed by atoms with van der Waals surface area (Å²) in [5, 5.41) is 0. The molecular formula is C37H45FN2O2. The molecule has 42 heavy (non-hydrogen) atoms. The van der Waals surface area contributed by atoms with Crippen molar-refractivity contribution in [3.63, 3.8) is 0 Å². The van der Waals surface area contributed by atoms with Gasteiger partial charge in [0.05, 0.1) is 24.7 Å². The van der Waals surface area contributed by atoms with E-state index in [0.717, 1.165) is 74.5 Å². The molecule has 2 aliphatic heterocycles. The zero-order valence-electron chi connectivity index (χ0n) is 25.7. The first-order valence-electron chi connectivity index (χ1n) is 15.3. The molecule has 1 atom stereocenters. The summed E-state index contributed by atoms with van der Waals surface area (Å²) in [6.45, 7) is 14.5. The number of nitrogens with zero attached hydrogens (tertiary/aromatic N) is 2. The molecule has 2 heterocycles. The Morgan fingerprint density at radius 2 is 1.86 bits per heavy atom. The molecule has 0 aromatic heterocycles. The van der Waals surface area contributed by atoms with Crippen LogP contribution in [0.4, 0.5) is 4.39 Å². The Bertz CT molecular complexity index is 1400. The number of halogens is 1. The third-order valence-electron chi connectivity index (χ3n) is 8.15. The number of rotatable bonds is 13. The fourth-order valence-electron chi connectivity index (χ4n) is 5.48. The quantitative estimate of drug-likeness (QED) is 0.226. The molecule has 4 rings (SSSR count). The number of hydrogen-bond donors (Lipinski definition) is 0. The molecule has 0 aliphatic carbocycles. The van der Waals surface area contributed by atoms with Crippen LogP contribution in [0.2, 0.25) is 0 Å². The summed E-state index contributed by atoms with van der Waals surface area (Å²) in [7, 11) is 0. The highest BCUT2D eigenvalue weighted by atomic mass is 19.1. The molecule has 2 aromatic rings. The van der Waals surface area contributed by atoms with E-state index < -0.39 is 0 Å². The highest BCUT2D eigenvalue weighted by Gasteiger charge is 2.19. The van der Waals surface area contributed by atoms with Gasteiger partial charge in [0, 0.05) is 30.7 Å². The van der Waals surface area contributed by atoms with Gasteiger partial charge >= 0.3 is 0 Å². The molecule has 5 heteroatoms. The van der Waals surface area contributed by atoms with Crippen LogP contribution in [0.3, 0.4) is 0 Å². The van der Waals surface area contributed by atoms with Crippen molar-refractivity contribution in [2.75, 3.05) is 19.8 Å². The van der Waals surface area contributed by atoms with E-state index in [2.05, 4.69) is 69.7 Å². The summed E-state index contributed by atoms with van der Waals surface area (Å²) < 4.78 is 26.6. The highest BCUT2D eigenvalue weighted by molar-refractivity contribution is 6.03. The van der Waals surface area contributed by atoms with Crippen molar-refractivity contribution in [1.29, 1.82) is 0 Å². The summed E-state index contributed by atoms with van der Waals surface area (Å²) in [4.78, 5) is 9.25. The lowest BCUT2D eigenvalue weighted by molar-refractivity contribution is 0.195. The molecule has 2 aliphatic rings. The molecule has 0 bridgehead atoms. The largest absolute Gasteiger partial charge is 0.498 e. The second-order valence-corrected chi connectivity index (χ2v) is 11.4. The molecule has 0 amide bonds. The predicted octanol–water partition coefficient (Wildman–Crippen LogP) is 9.79. The minimum atomic E-state index is -0.234. The first-order chi connectivity index (χ1) is 20.4. The average molecular weight is 569 g/mol. The van der Waals surface area contributed by atoms with E-state index in [-0.39, 0.29) is 5.82 Å². The van der Waals surface area contributed by atoms with Crippen molar-refractivity contribution in [2.24, 2.45) is 15.9 Å². The van der Waals surface area contributed by atoms with E-state index in [9.17, 15) is 4.39 Å². The smallest absolute Gasteiger partial charge is 0.132 e. The van der Waals surface area contributed by atoms with E-state index >= 15 is 0 Å². The summed E-state index contributed by atoms with van der Waals surface area (Å²) in [5.41, 5.74) is 8.55. The molecule has 2 aromatic carbocycles. The number of ether oxygens (including phenoxy) is 2. The van der Waals surface area contributed by atoms with Crippen LogP contribution in [0.25, 0.3) is 11.3 Å². The van der Waals surface area contributed by atoms with E-state index in [0.29, 0.717) is 24.6 Å². The van der Waals surface area contributed by atoms with Gasteiger partial charge in [0.1, 0.15) is 11.6 Å². The fraction of sp³-hybridized carbons (Fsp3) is 0.405. The van der Waals surface area contributed by atoms with Gasteiger partial charge in [-0.2, -0.15) is 0 Å². The molecule has 0 N–H and O–H groups in total. The van der Waals surface area contributed by atoms with Gasteiger partial charge in [0.2, 0.25) is 0 Å². The molecule has 4 nitrogen and oxygen atoms in total. The zero-order chi connectivity index (χ0) is 29.9. The van der Waals surface area contributed by atoms with Gasteiger partial charge in [-0.25, -0.2) is 4.39 Å². The maximum absolute atomic E-state index is 14.6. The molecule has 0 saturated carbocycles. The summed E-state index contributed by atoms with van der Waals surface area (Å²) in [6, 6.07) is 15.3. The Balaban J connectivity index is 1.45. The molecule has 0 spiro atoms. The van der Waals surface area contributed by atoms with Crippen LogP contribution < -0.4 is 4.74 Å². The monoisotopic (exact) mass is 568 g/mol. The predicted molar refractivity (Wildman–Crippen MR) is 175 cm³/mol. The van der Waals surface area contributed by atoms with E-state index in [1.54, 1.807) is 6.07 Å². The third kappa shape index (κ3) is 8.40. The SMILES string of the molecule is C=NCC(CCCC1=NC(c2ccccc2F)=CCC(C)=C1C)CC1=CC(c2ccc(OCCC)cc2)=C(C)CCO1. The Labute approximate surface area is 251 Å². The van der Waals surface area contributed by atoms with Gasteiger partial charge in [-0.1, -0.05) is 48.4 Å². The van der Waals surface area contributed by atoms with Crippen molar-refractivity contribution < 1.29 is 13.9 Å². The molecular weight excluding hydrogens is 523 g/mol. The van der Waals surface area contributed by atoms with Crippen molar-refractivity contribution in [3.05, 3.63) is 100 Å². The average Bonchev–Trinajstić information content (AvgIpc) is 3.26. The first kappa shape index (κ1) is 31.2. The normalized spacial score (nSPS) is 16.5. The Hall–Kier alpha value is -3.73. The lowest BCUT2D eigenvalue weighted by Gasteiger charge is -2.18. The lowest BCUT2D eigenvalue weighted by atomic mass is 9.93. The van der Waals surface area contributed by atoms with Crippen LogP contribution in [-0.4, -0.2) is 32.2 Å². The van der Waals surface area contributed by atoms with Crippen LogP contribution in [0.1, 0.15) is 83.8 Å². The summed E-state index contributed by atoms with van der Waals surface area (Å²) in [5.74, 6) is 1.99.